The van der Waals surface area contributed by atoms with Crippen molar-refractivity contribution in [1.82, 2.24) is 4.90 Å². The van der Waals surface area contributed by atoms with Crippen molar-refractivity contribution >= 4 is 21.6 Å². The van der Waals surface area contributed by atoms with E-state index in [1.165, 1.54) is 26.4 Å². The maximum absolute atomic E-state index is 12.7. The summed E-state index contributed by atoms with van der Waals surface area (Å²) in [6.45, 7) is 4.55. The highest BCUT2D eigenvalue weighted by Gasteiger charge is 2.21. The van der Waals surface area contributed by atoms with E-state index in [4.69, 9.17) is 15.2 Å². The van der Waals surface area contributed by atoms with Gasteiger partial charge in [0.1, 0.15) is 0 Å². The Labute approximate surface area is 155 Å². The van der Waals surface area contributed by atoms with Gasteiger partial charge >= 0.3 is 0 Å². The third kappa shape index (κ3) is 6.06. The molecule has 26 heavy (non-hydrogen) atoms. The van der Waals surface area contributed by atoms with Crippen LogP contribution in [0.25, 0.3) is 0 Å². The van der Waals surface area contributed by atoms with Gasteiger partial charge in [0.2, 0.25) is 10.0 Å². The van der Waals surface area contributed by atoms with E-state index in [0.29, 0.717) is 18.9 Å². The molecule has 0 aliphatic heterocycles. The molecule has 0 fully saturated rings. The topological polar surface area (TPSA) is 111 Å². The molecule has 0 aliphatic rings. The highest BCUT2D eigenvalue weighted by molar-refractivity contribution is 7.92. The second-order valence-corrected chi connectivity index (χ2v) is 8.31. The Morgan fingerprint density at radius 1 is 1.27 bits per heavy atom. The molecule has 0 aromatic heterocycles. The number of carbonyl (C=O) groups is 1. The second-order valence-electron chi connectivity index (χ2n) is 6.56. The number of rotatable bonds is 9. The average Bonchev–Trinajstić information content (AvgIpc) is 2.56. The third-order valence-electron chi connectivity index (χ3n) is 4.02. The fraction of sp³-hybridized carbons (Fsp3) is 0.588. The van der Waals surface area contributed by atoms with E-state index in [-0.39, 0.29) is 34.7 Å². The van der Waals surface area contributed by atoms with E-state index < -0.39 is 10.0 Å². The molecule has 1 aromatic rings. The number of methoxy groups -OCH3 is 2. The molecule has 1 rings (SSSR count). The molecule has 0 saturated heterocycles. The quantitative estimate of drug-likeness (QED) is 0.665. The van der Waals surface area contributed by atoms with E-state index in [2.05, 4.69) is 4.72 Å². The minimum Gasteiger partial charge on any atom is -0.493 e. The number of hydrogen-bond donors (Lipinski definition) is 2. The molecule has 1 unspecified atom stereocenters. The van der Waals surface area contributed by atoms with Gasteiger partial charge in [0.05, 0.1) is 26.2 Å². The van der Waals surface area contributed by atoms with Gasteiger partial charge in [-0.25, -0.2) is 8.42 Å². The van der Waals surface area contributed by atoms with Crippen molar-refractivity contribution in [2.24, 2.45) is 11.7 Å². The molecule has 0 bridgehead atoms. The fourth-order valence-corrected chi connectivity index (χ4v) is 2.91. The molecule has 0 heterocycles. The van der Waals surface area contributed by atoms with Crippen molar-refractivity contribution in [1.29, 1.82) is 0 Å². The third-order valence-corrected chi connectivity index (χ3v) is 4.61. The van der Waals surface area contributed by atoms with Crippen molar-refractivity contribution < 1.29 is 22.7 Å². The van der Waals surface area contributed by atoms with Gasteiger partial charge in [0, 0.05) is 25.2 Å². The highest BCUT2D eigenvalue weighted by atomic mass is 32.2. The molecule has 3 N–H and O–H groups in total. The lowest BCUT2D eigenvalue weighted by atomic mass is 10.0. The number of nitrogens with one attached hydrogen (secondary N) is 1. The first kappa shape index (κ1) is 22.0. The van der Waals surface area contributed by atoms with Gasteiger partial charge in [0.15, 0.2) is 11.5 Å². The maximum Gasteiger partial charge on any atom is 0.253 e. The van der Waals surface area contributed by atoms with Gasteiger partial charge in [0.25, 0.3) is 5.91 Å². The molecule has 0 spiro atoms. The van der Waals surface area contributed by atoms with Crippen LogP contribution in [0.1, 0.15) is 30.6 Å². The molecule has 0 radical (unpaired) electrons. The molecule has 8 nitrogen and oxygen atoms in total. The van der Waals surface area contributed by atoms with Crippen molar-refractivity contribution in [3.63, 3.8) is 0 Å². The minimum absolute atomic E-state index is 0.00174. The van der Waals surface area contributed by atoms with Gasteiger partial charge in [-0.15, -0.1) is 0 Å². The number of anilines is 1. The van der Waals surface area contributed by atoms with Gasteiger partial charge in [-0.2, -0.15) is 0 Å². The van der Waals surface area contributed by atoms with Gasteiger partial charge < -0.3 is 20.1 Å². The zero-order valence-corrected chi connectivity index (χ0v) is 17.0. The molecule has 1 amide bonds. The normalized spacial score (nSPS) is 12.6. The Bertz CT molecular complexity index is 734. The summed E-state index contributed by atoms with van der Waals surface area (Å²) in [6, 6.07) is 2.95. The maximum atomic E-state index is 12.7. The fourth-order valence-electron chi connectivity index (χ4n) is 2.36. The molecule has 9 heteroatoms. The van der Waals surface area contributed by atoms with E-state index >= 15 is 0 Å². The van der Waals surface area contributed by atoms with Crippen LogP contribution in [0.4, 0.5) is 5.69 Å². The van der Waals surface area contributed by atoms with Crippen LogP contribution in [0.3, 0.4) is 0 Å². The van der Waals surface area contributed by atoms with Gasteiger partial charge in [-0.1, -0.05) is 13.8 Å². The van der Waals surface area contributed by atoms with E-state index in [1.54, 1.807) is 11.9 Å². The van der Waals surface area contributed by atoms with Crippen LogP contribution < -0.4 is 19.9 Å². The summed E-state index contributed by atoms with van der Waals surface area (Å²) < 4.78 is 36.0. The number of amides is 1. The van der Waals surface area contributed by atoms with Crippen LogP contribution >= 0.6 is 0 Å². The lowest BCUT2D eigenvalue weighted by Crippen LogP contribution is -2.34. The van der Waals surface area contributed by atoms with Crippen LogP contribution in [0.5, 0.6) is 11.5 Å². The van der Waals surface area contributed by atoms with Crippen LogP contribution in [0.15, 0.2) is 12.1 Å². The molecule has 148 valence electrons. The van der Waals surface area contributed by atoms with Crippen molar-refractivity contribution in [3.05, 3.63) is 17.7 Å². The van der Waals surface area contributed by atoms with Crippen LogP contribution in [0, 0.1) is 5.92 Å². The monoisotopic (exact) mass is 387 g/mol. The van der Waals surface area contributed by atoms with E-state index in [0.717, 1.165) is 6.26 Å². The van der Waals surface area contributed by atoms with Gasteiger partial charge in [-0.3, -0.25) is 9.52 Å². The Morgan fingerprint density at radius 2 is 1.88 bits per heavy atom. The molecule has 1 aromatic carbocycles. The SMILES string of the molecule is COc1cc(C(=O)N(C)CCC(N)C(C)C)cc(NS(C)(=O)=O)c1OC. The summed E-state index contributed by atoms with van der Waals surface area (Å²) in [4.78, 5) is 14.3. The number of benzene rings is 1. The summed E-state index contributed by atoms with van der Waals surface area (Å²) in [6.07, 6.45) is 1.69. The molecule has 0 aliphatic carbocycles. The van der Waals surface area contributed by atoms with Crippen molar-refractivity contribution in [2.45, 2.75) is 26.3 Å². The average molecular weight is 388 g/mol. The summed E-state index contributed by atoms with van der Waals surface area (Å²) in [5, 5.41) is 0. The van der Waals surface area contributed by atoms with Crippen LogP contribution in [0.2, 0.25) is 0 Å². The largest absolute Gasteiger partial charge is 0.493 e. The second kappa shape index (κ2) is 9.09. The smallest absolute Gasteiger partial charge is 0.253 e. The first-order chi connectivity index (χ1) is 12.0. The number of sulfonamides is 1. The van der Waals surface area contributed by atoms with Crippen molar-refractivity contribution in [2.75, 3.05) is 38.8 Å². The predicted octanol–water partition coefficient (Wildman–Crippen LogP) is 1.52. The minimum atomic E-state index is -3.56. The number of nitrogens with zero attached hydrogens (tertiary/aromatic N) is 1. The summed E-state index contributed by atoms with van der Waals surface area (Å²) >= 11 is 0. The summed E-state index contributed by atoms with van der Waals surface area (Å²) in [5.74, 6) is 0.527. The first-order valence-electron chi connectivity index (χ1n) is 8.25. The lowest BCUT2D eigenvalue weighted by Gasteiger charge is -2.22. The first-order valence-corrected chi connectivity index (χ1v) is 10.1. The zero-order valence-electron chi connectivity index (χ0n) is 16.2. The molecular weight excluding hydrogens is 358 g/mol. The van der Waals surface area contributed by atoms with Crippen LogP contribution in [-0.2, 0) is 10.0 Å². The number of hydrogen-bond acceptors (Lipinski definition) is 6. The Morgan fingerprint density at radius 3 is 2.35 bits per heavy atom. The number of nitrogens with two attached hydrogens (primary N) is 1. The van der Waals surface area contributed by atoms with Crippen LogP contribution in [-0.4, -0.2) is 59.3 Å². The highest BCUT2D eigenvalue weighted by Crippen LogP contribution is 2.37. The Hall–Kier alpha value is -2.00. The summed E-state index contributed by atoms with van der Waals surface area (Å²) in [5.41, 5.74) is 6.46. The Balaban J connectivity index is 3.14. The van der Waals surface area contributed by atoms with Crippen molar-refractivity contribution in [3.8, 4) is 11.5 Å². The summed E-state index contributed by atoms with van der Waals surface area (Å²) in [7, 11) is 0.934. The standard InChI is InChI=1S/C17H29N3O5S/c1-11(2)13(18)7-8-20(3)17(21)12-9-14(19-26(6,22)23)16(25-5)15(10-12)24-4/h9-11,13,19H,7-8,18H2,1-6H3. The number of carbonyl (C=O) groups excluding carboxylic acids is 1. The molecule has 1 atom stereocenters. The predicted molar refractivity (Wildman–Crippen MR) is 102 cm³/mol. The molecular formula is C17H29N3O5S. The van der Waals surface area contributed by atoms with E-state index in [9.17, 15) is 13.2 Å². The zero-order chi connectivity index (χ0) is 20.1. The number of ether oxygens (including phenoxy) is 2. The Kier molecular flexibility index (Phi) is 7.70. The van der Waals surface area contributed by atoms with E-state index in [1.807, 2.05) is 13.8 Å². The van der Waals surface area contributed by atoms with Gasteiger partial charge in [-0.05, 0) is 24.5 Å². The molecule has 0 saturated carbocycles. The lowest BCUT2D eigenvalue weighted by molar-refractivity contribution is 0.0788.